The third kappa shape index (κ3) is 5.56. The maximum absolute atomic E-state index is 12.3. The normalized spacial score (nSPS) is 21.0. The zero-order chi connectivity index (χ0) is 16.5. The number of nitrogens with zero attached hydrogens (tertiary/aromatic N) is 1. The molecule has 0 heterocycles. The van der Waals surface area contributed by atoms with Gasteiger partial charge in [0.1, 0.15) is 5.75 Å². The van der Waals surface area contributed by atoms with Crippen LogP contribution in [0.15, 0.2) is 36.4 Å². The molecule has 0 bridgehead atoms. The number of hydrogen-bond donors (Lipinski definition) is 0. The Kier molecular flexibility index (Phi) is 6.87. The molecule has 2 rings (SSSR count). The summed E-state index contributed by atoms with van der Waals surface area (Å²) in [6.45, 7) is 2.11. The van der Waals surface area contributed by atoms with Crippen molar-refractivity contribution in [2.24, 2.45) is 11.8 Å². The van der Waals surface area contributed by atoms with Crippen molar-refractivity contribution in [2.45, 2.75) is 51.9 Å². The van der Waals surface area contributed by atoms with Gasteiger partial charge in [-0.15, -0.1) is 0 Å². The Morgan fingerprint density at radius 3 is 2.57 bits per heavy atom. The summed E-state index contributed by atoms with van der Waals surface area (Å²) in [7, 11) is 0. The maximum atomic E-state index is 12.3. The maximum Gasteiger partial charge on any atom is 0.314 e. The lowest BCUT2D eigenvalue weighted by Crippen LogP contribution is -2.25. The summed E-state index contributed by atoms with van der Waals surface area (Å²) in [6, 6.07) is 9.79. The topological polar surface area (TPSA) is 50.1 Å². The Balaban J connectivity index is 1.74. The van der Waals surface area contributed by atoms with Crippen LogP contribution in [0.4, 0.5) is 0 Å². The zero-order valence-electron chi connectivity index (χ0n) is 13.8. The van der Waals surface area contributed by atoms with Crippen LogP contribution in [-0.2, 0) is 11.2 Å². The fourth-order valence-electron chi connectivity index (χ4n) is 3.15. The number of rotatable bonds is 6. The molecule has 1 saturated carbocycles. The standard InChI is InChI=1S/C20H25NO2/c1-2-16-9-13-19(14-10-16)23-20(22)18-11-7-17(8-12-18)6-4-3-5-15-21/h3,5,9-10,13-14,17-18H,2,4,6-8,11-12H2,1H3. The fraction of sp³-hybridized carbons (Fsp3) is 0.500. The first-order valence-corrected chi connectivity index (χ1v) is 8.58. The molecule has 1 aromatic rings. The molecule has 0 radical (unpaired) electrons. The number of benzene rings is 1. The molecule has 3 nitrogen and oxygen atoms in total. The first-order chi connectivity index (χ1) is 11.2. The minimum absolute atomic E-state index is 0.0340. The third-order valence-electron chi connectivity index (χ3n) is 4.66. The van der Waals surface area contributed by atoms with Gasteiger partial charge in [-0.1, -0.05) is 25.1 Å². The molecule has 1 fully saturated rings. The summed E-state index contributed by atoms with van der Waals surface area (Å²) < 4.78 is 5.52. The van der Waals surface area contributed by atoms with E-state index in [2.05, 4.69) is 6.92 Å². The van der Waals surface area contributed by atoms with Gasteiger partial charge in [0.05, 0.1) is 12.0 Å². The minimum atomic E-state index is -0.0860. The summed E-state index contributed by atoms with van der Waals surface area (Å²) in [4.78, 5) is 12.3. The molecule has 0 N–H and O–H groups in total. The van der Waals surface area contributed by atoms with Gasteiger partial charge in [0, 0.05) is 6.08 Å². The van der Waals surface area contributed by atoms with Crippen LogP contribution in [0.1, 0.15) is 51.0 Å². The van der Waals surface area contributed by atoms with Crippen LogP contribution in [0.2, 0.25) is 0 Å². The number of ether oxygens (including phenoxy) is 1. The Hall–Kier alpha value is -2.08. The van der Waals surface area contributed by atoms with Gasteiger partial charge >= 0.3 is 5.97 Å². The highest BCUT2D eigenvalue weighted by Crippen LogP contribution is 2.32. The van der Waals surface area contributed by atoms with E-state index in [9.17, 15) is 4.79 Å². The highest BCUT2D eigenvalue weighted by atomic mass is 16.5. The third-order valence-corrected chi connectivity index (χ3v) is 4.66. The molecular formula is C20H25NO2. The van der Waals surface area contributed by atoms with E-state index in [-0.39, 0.29) is 11.9 Å². The number of carbonyl (C=O) groups excluding carboxylic acids is 1. The molecule has 0 amide bonds. The Morgan fingerprint density at radius 2 is 1.96 bits per heavy atom. The summed E-state index contributed by atoms with van der Waals surface area (Å²) in [5.41, 5.74) is 1.25. The highest BCUT2D eigenvalue weighted by molar-refractivity contribution is 5.75. The lowest BCUT2D eigenvalue weighted by atomic mass is 9.80. The second-order valence-electron chi connectivity index (χ2n) is 6.25. The first-order valence-electron chi connectivity index (χ1n) is 8.58. The monoisotopic (exact) mass is 311 g/mol. The minimum Gasteiger partial charge on any atom is -0.426 e. The lowest BCUT2D eigenvalue weighted by Gasteiger charge is -2.26. The van der Waals surface area contributed by atoms with Crippen LogP contribution in [0, 0.1) is 23.2 Å². The van der Waals surface area contributed by atoms with Gasteiger partial charge in [0.25, 0.3) is 0 Å². The highest BCUT2D eigenvalue weighted by Gasteiger charge is 2.27. The van der Waals surface area contributed by atoms with E-state index in [1.807, 2.05) is 36.4 Å². The van der Waals surface area contributed by atoms with Crippen molar-refractivity contribution >= 4 is 5.97 Å². The summed E-state index contributed by atoms with van der Waals surface area (Å²) in [6.07, 6.45) is 10.5. The first kappa shape index (κ1) is 17.3. The second kappa shape index (κ2) is 9.15. The fourth-order valence-corrected chi connectivity index (χ4v) is 3.15. The van der Waals surface area contributed by atoms with Crippen molar-refractivity contribution in [1.29, 1.82) is 5.26 Å². The van der Waals surface area contributed by atoms with E-state index in [0.29, 0.717) is 11.7 Å². The van der Waals surface area contributed by atoms with Gasteiger partial charge in [-0.25, -0.2) is 0 Å². The van der Waals surface area contributed by atoms with Crippen LogP contribution in [0.3, 0.4) is 0 Å². The van der Waals surface area contributed by atoms with Crippen molar-refractivity contribution in [1.82, 2.24) is 0 Å². The van der Waals surface area contributed by atoms with Crippen molar-refractivity contribution < 1.29 is 9.53 Å². The number of esters is 1. The van der Waals surface area contributed by atoms with Gasteiger partial charge in [-0.05, 0) is 68.6 Å². The van der Waals surface area contributed by atoms with E-state index >= 15 is 0 Å². The summed E-state index contributed by atoms with van der Waals surface area (Å²) in [5, 5.41) is 8.46. The molecule has 122 valence electrons. The largest absolute Gasteiger partial charge is 0.426 e. The molecule has 3 heteroatoms. The van der Waals surface area contributed by atoms with Gasteiger partial charge in [0.15, 0.2) is 0 Å². The van der Waals surface area contributed by atoms with Crippen molar-refractivity contribution in [3.05, 3.63) is 42.0 Å². The van der Waals surface area contributed by atoms with Crippen LogP contribution >= 0.6 is 0 Å². The SMILES string of the molecule is CCc1ccc(OC(=O)C2CCC(CCC=CC#N)CC2)cc1. The number of hydrogen-bond acceptors (Lipinski definition) is 3. The molecule has 1 aliphatic rings. The van der Waals surface area contributed by atoms with Gasteiger partial charge < -0.3 is 4.74 Å². The molecule has 1 aromatic carbocycles. The Bertz CT molecular complexity index is 560. The second-order valence-corrected chi connectivity index (χ2v) is 6.25. The van der Waals surface area contributed by atoms with Crippen molar-refractivity contribution in [3.63, 3.8) is 0 Å². The average molecular weight is 311 g/mol. The molecule has 0 saturated heterocycles. The van der Waals surface area contributed by atoms with E-state index in [4.69, 9.17) is 10.00 Å². The molecule has 23 heavy (non-hydrogen) atoms. The predicted octanol–water partition coefficient (Wildman–Crippen LogP) is 4.82. The van der Waals surface area contributed by atoms with Crippen molar-refractivity contribution in [2.75, 3.05) is 0 Å². The van der Waals surface area contributed by atoms with Gasteiger partial charge in [-0.3, -0.25) is 4.79 Å². The smallest absolute Gasteiger partial charge is 0.314 e. The van der Waals surface area contributed by atoms with Crippen LogP contribution in [0.5, 0.6) is 5.75 Å². The number of nitriles is 1. The summed E-state index contributed by atoms with van der Waals surface area (Å²) >= 11 is 0. The lowest BCUT2D eigenvalue weighted by molar-refractivity contribution is -0.140. The van der Waals surface area contributed by atoms with Crippen LogP contribution in [0.25, 0.3) is 0 Å². The van der Waals surface area contributed by atoms with Crippen LogP contribution in [-0.4, -0.2) is 5.97 Å². The molecule has 1 aliphatic carbocycles. The Labute approximate surface area is 139 Å². The molecule has 0 aromatic heterocycles. The van der Waals surface area contributed by atoms with Crippen molar-refractivity contribution in [3.8, 4) is 11.8 Å². The van der Waals surface area contributed by atoms with E-state index in [0.717, 1.165) is 44.9 Å². The molecule has 0 aliphatic heterocycles. The predicted molar refractivity (Wildman–Crippen MR) is 90.9 cm³/mol. The number of aryl methyl sites for hydroxylation is 1. The number of allylic oxidation sites excluding steroid dienone is 2. The van der Waals surface area contributed by atoms with E-state index in [1.165, 1.54) is 5.56 Å². The summed E-state index contributed by atoms with van der Waals surface area (Å²) in [5.74, 6) is 1.27. The quantitative estimate of drug-likeness (QED) is 0.430. The van der Waals surface area contributed by atoms with Gasteiger partial charge in [-0.2, -0.15) is 5.26 Å². The average Bonchev–Trinajstić information content (AvgIpc) is 2.60. The molecular weight excluding hydrogens is 286 g/mol. The van der Waals surface area contributed by atoms with Crippen LogP contribution < -0.4 is 4.74 Å². The van der Waals surface area contributed by atoms with Gasteiger partial charge in [0.2, 0.25) is 0 Å². The van der Waals surface area contributed by atoms with E-state index in [1.54, 1.807) is 6.08 Å². The molecule has 0 spiro atoms. The Morgan fingerprint density at radius 1 is 1.26 bits per heavy atom. The molecule has 0 atom stereocenters. The molecule has 0 unspecified atom stereocenters. The van der Waals surface area contributed by atoms with E-state index < -0.39 is 0 Å². The zero-order valence-corrected chi connectivity index (χ0v) is 13.8. The number of carbonyl (C=O) groups is 1.